The van der Waals surface area contributed by atoms with Crippen molar-refractivity contribution in [2.75, 3.05) is 20.3 Å². The van der Waals surface area contributed by atoms with Crippen molar-refractivity contribution >= 4 is 5.91 Å². The van der Waals surface area contributed by atoms with E-state index in [4.69, 9.17) is 9.47 Å². The smallest absolute Gasteiger partial charge is 0.261 e. The molecule has 0 radical (unpaired) electrons. The van der Waals surface area contributed by atoms with Crippen LogP contribution < -0.4 is 10.1 Å². The lowest BCUT2D eigenvalue weighted by Crippen LogP contribution is -2.39. The second kappa shape index (κ2) is 7.66. The third-order valence-corrected chi connectivity index (χ3v) is 2.37. The van der Waals surface area contributed by atoms with Gasteiger partial charge in [-0.25, -0.2) is 4.39 Å². The average molecular weight is 255 g/mol. The summed E-state index contributed by atoms with van der Waals surface area (Å²) in [5, 5.41) is 2.66. The Labute approximate surface area is 106 Å². The molecule has 5 heteroatoms. The maximum atomic E-state index is 13.4. The molecule has 0 aromatic heterocycles. The highest BCUT2D eigenvalue weighted by atomic mass is 19.1. The summed E-state index contributed by atoms with van der Waals surface area (Å²) in [4.78, 5) is 11.8. The van der Waals surface area contributed by atoms with Gasteiger partial charge in [0.05, 0.1) is 6.61 Å². The third kappa shape index (κ3) is 4.33. The number of methoxy groups -OCH3 is 1. The minimum absolute atomic E-state index is 0.0891. The zero-order chi connectivity index (χ0) is 13.4. The summed E-state index contributed by atoms with van der Waals surface area (Å²) in [6.45, 7) is 2.65. The summed E-state index contributed by atoms with van der Waals surface area (Å²) in [5.74, 6) is -0.648. The number of rotatable bonds is 7. The van der Waals surface area contributed by atoms with Gasteiger partial charge in [0.1, 0.15) is 0 Å². The van der Waals surface area contributed by atoms with Crippen molar-refractivity contribution in [3.63, 3.8) is 0 Å². The molecule has 1 atom stereocenters. The Morgan fingerprint density at radius 3 is 2.78 bits per heavy atom. The molecule has 100 valence electrons. The van der Waals surface area contributed by atoms with Crippen molar-refractivity contribution < 1.29 is 18.7 Å². The van der Waals surface area contributed by atoms with Gasteiger partial charge in [0.25, 0.3) is 5.91 Å². The number of hydrogen-bond donors (Lipinski definition) is 1. The normalized spacial score (nSPS) is 11.9. The molecular weight excluding hydrogens is 237 g/mol. The molecule has 0 aliphatic carbocycles. The van der Waals surface area contributed by atoms with E-state index in [0.717, 1.165) is 0 Å². The first-order valence-electron chi connectivity index (χ1n) is 5.86. The Kier molecular flexibility index (Phi) is 6.14. The third-order valence-electron chi connectivity index (χ3n) is 2.37. The molecule has 0 saturated heterocycles. The van der Waals surface area contributed by atoms with Crippen molar-refractivity contribution in [2.24, 2.45) is 0 Å². The van der Waals surface area contributed by atoms with E-state index in [-0.39, 0.29) is 11.7 Å². The van der Waals surface area contributed by atoms with Crippen LogP contribution in [-0.4, -0.2) is 32.3 Å². The molecule has 1 amide bonds. The Hall–Kier alpha value is -1.62. The molecule has 0 aliphatic heterocycles. The fraction of sp³-hybridized carbons (Fsp3) is 0.462. The number of carbonyl (C=O) groups excluding carboxylic acids is 1. The summed E-state index contributed by atoms with van der Waals surface area (Å²) < 4.78 is 23.6. The summed E-state index contributed by atoms with van der Waals surface area (Å²) in [6.07, 6.45) is -0.230. The van der Waals surface area contributed by atoms with E-state index in [0.29, 0.717) is 19.6 Å². The van der Waals surface area contributed by atoms with Crippen LogP contribution in [-0.2, 0) is 9.53 Å². The van der Waals surface area contributed by atoms with Crippen LogP contribution >= 0.6 is 0 Å². The van der Waals surface area contributed by atoms with Crippen LogP contribution in [0.25, 0.3) is 0 Å². The number of amides is 1. The highest BCUT2D eigenvalue weighted by Gasteiger charge is 2.19. The second-order valence-corrected chi connectivity index (χ2v) is 3.73. The molecule has 1 aromatic rings. The maximum absolute atomic E-state index is 13.4. The van der Waals surface area contributed by atoms with Crippen LogP contribution in [0.1, 0.15) is 13.3 Å². The van der Waals surface area contributed by atoms with Crippen molar-refractivity contribution in [3.8, 4) is 5.75 Å². The van der Waals surface area contributed by atoms with Crippen molar-refractivity contribution in [3.05, 3.63) is 30.1 Å². The van der Waals surface area contributed by atoms with Gasteiger partial charge in [0.15, 0.2) is 17.7 Å². The predicted molar refractivity (Wildman–Crippen MR) is 66.0 cm³/mol. The van der Waals surface area contributed by atoms with Gasteiger partial charge in [-0.15, -0.1) is 0 Å². The number of carbonyl (C=O) groups is 1. The van der Waals surface area contributed by atoms with E-state index in [1.165, 1.54) is 12.1 Å². The standard InChI is InChI=1S/C13H18FNO3/c1-3-11(13(16)15-8-9-17-2)18-12-7-5-4-6-10(12)14/h4-7,11H,3,8-9H2,1-2H3,(H,15,16)/t11-/m1/s1. The first kappa shape index (κ1) is 14.4. The minimum atomic E-state index is -0.696. The van der Waals surface area contributed by atoms with Crippen LogP contribution in [0.15, 0.2) is 24.3 Å². The van der Waals surface area contributed by atoms with Crippen molar-refractivity contribution in [1.82, 2.24) is 5.32 Å². The van der Waals surface area contributed by atoms with Gasteiger partial charge in [-0.05, 0) is 18.6 Å². The quantitative estimate of drug-likeness (QED) is 0.755. The van der Waals surface area contributed by atoms with Crippen LogP contribution in [0.3, 0.4) is 0 Å². The molecule has 1 N–H and O–H groups in total. The second-order valence-electron chi connectivity index (χ2n) is 3.73. The number of nitrogens with one attached hydrogen (secondary N) is 1. The predicted octanol–water partition coefficient (Wildman–Crippen LogP) is 1.75. The van der Waals surface area contributed by atoms with Crippen LogP contribution in [0, 0.1) is 5.82 Å². The highest BCUT2D eigenvalue weighted by molar-refractivity contribution is 5.81. The number of benzene rings is 1. The van der Waals surface area contributed by atoms with Gasteiger partial charge < -0.3 is 14.8 Å². The van der Waals surface area contributed by atoms with Gasteiger partial charge in [-0.2, -0.15) is 0 Å². The fourth-order valence-corrected chi connectivity index (χ4v) is 1.41. The summed E-state index contributed by atoms with van der Waals surface area (Å²) in [5.41, 5.74) is 0. The number of para-hydroxylation sites is 1. The summed E-state index contributed by atoms with van der Waals surface area (Å²) in [6, 6.07) is 6.03. The zero-order valence-electron chi connectivity index (χ0n) is 10.6. The van der Waals surface area contributed by atoms with E-state index in [1.807, 2.05) is 0 Å². The van der Waals surface area contributed by atoms with Crippen LogP contribution in [0.5, 0.6) is 5.75 Å². The molecular formula is C13H18FNO3. The molecule has 0 aliphatic rings. The fourth-order valence-electron chi connectivity index (χ4n) is 1.41. The average Bonchev–Trinajstić information content (AvgIpc) is 2.38. The Morgan fingerprint density at radius 1 is 1.44 bits per heavy atom. The zero-order valence-corrected chi connectivity index (χ0v) is 10.6. The van der Waals surface area contributed by atoms with Gasteiger partial charge in [-0.1, -0.05) is 19.1 Å². The highest BCUT2D eigenvalue weighted by Crippen LogP contribution is 2.17. The van der Waals surface area contributed by atoms with Crippen LogP contribution in [0.4, 0.5) is 4.39 Å². The molecule has 0 bridgehead atoms. The topological polar surface area (TPSA) is 47.6 Å². The monoisotopic (exact) mass is 255 g/mol. The number of ether oxygens (including phenoxy) is 2. The van der Waals surface area contributed by atoms with Crippen molar-refractivity contribution in [2.45, 2.75) is 19.4 Å². The molecule has 1 rings (SSSR count). The molecule has 0 spiro atoms. The largest absolute Gasteiger partial charge is 0.478 e. The molecule has 0 saturated carbocycles. The lowest BCUT2D eigenvalue weighted by molar-refractivity contribution is -0.128. The van der Waals surface area contributed by atoms with E-state index < -0.39 is 11.9 Å². The van der Waals surface area contributed by atoms with E-state index >= 15 is 0 Å². The summed E-state index contributed by atoms with van der Waals surface area (Å²) >= 11 is 0. The molecule has 4 nitrogen and oxygen atoms in total. The molecule has 0 heterocycles. The molecule has 1 aromatic carbocycles. The van der Waals surface area contributed by atoms with E-state index in [1.54, 1.807) is 26.2 Å². The van der Waals surface area contributed by atoms with Gasteiger partial charge in [0.2, 0.25) is 0 Å². The molecule has 0 unspecified atom stereocenters. The lowest BCUT2D eigenvalue weighted by Gasteiger charge is -2.17. The maximum Gasteiger partial charge on any atom is 0.261 e. The minimum Gasteiger partial charge on any atom is -0.478 e. The van der Waals surface area contributed by atoms with Gasteiger partial charge >= 0.3 is 0 Å². The van der Waals surface area contributed by atoms with Crippen LogP contribution in [0.2, 0.25) is 0 Å². The first-order valence-corrected chi connectivity index (χ1v) is 5.86. The Morgan fingerprint density at radius 2 is 2.17 bits per heavy atom. The Bertz CT molecular complexity index is 384. The van der Waals surface area contributed by atoms with Gasteiger partial charge in [-0.3, -0.25) is 4.79 Å². The molecule has 0 fully saturated rings. The molecule has 18 heavy (non-hydrogen) atoms. The van der Waals surface area contributed by atoms with E-state index in [2.05, 4.69) is 5.32 Å². The Balaban J connectivity index is 2.56. The SMILES string of the molecule is CC[C@@H](Oc1ccccc1F)C(=O)NCCOC. The van der Waals surface area contributed by atoms with E-state index in [9.17, 15) is 9.18 Å². The first-order chi connectivity index (χ1) is 8.69. The summed E-state index contributed by atoms with van der Waals surface area (Å²) in [7, 11) is 1.55. The lowest BCUT2D eigenvalue weighted by atomic mass is 10.2. The number of hydrogen-bond acceptors (Lipinski definition) is 3. The number of halogens is 1. The van der Waals surface area contributed by atoms with Crippen molar-refractivity contribution in [1.29, 1.82) is 0 Å². The van der Waals surface area contributed by atoms with Gasteiger partial charge in [0, 0.05) is 13.7 Å².